The predicted molar refractivity (Wildman–Crippen MR) is 315 cm³/mol. The number of hydrogen-bond acceptors (Lipinski definition) is 5. The first-order valence-electron chi connectivity index (χ1n) is 33.0. The van der Waals surface area contributed by atoms with Crippen molar-refractivity contribution < 1.29 is 24.5 Å². The second kappa shape index (κ2) is 62.1. The number of aliphatic hydroxyl groups excluding tert-OH is 2. The molecule has 0 fully saturated rings. The molecule has 0 saturated heterocycles. The molecule has 0 aromatic heterocycles. The molecule has 0 heterocycles. The van der Waals surface area contributed by atoms with Crippen molar-refractivity contribution in [2.45, 2.75) is 386 Å². The molecule has 0 spiro atoms. The first kappa shape index (κ1) is 70.6. The van der Waals surface area contributed by atoms with Crippen LogP contribution in [0.5, 0.6) is 0 Å². The zero-order chi connectivity index (χ0) is 52.2. The Bertz CT molecular complexity index is 1080. The van der Waals surface area contributed by atoms with E-state index in [2.05, 4.69) is 19.2 Å². The molecule has 0 aromatic carbocycles. The first-order chi connectivity index (χ1) is 35.5. The minimum absolute atomic E-state index is 0.0210. The van der Waals surface area contributed by atoms with E-state index < -0.39 is 12.1 Å². The number of unbranched alkanes of at least 4 members (excludes halogenated alkanes) is 51. The molecule has 2 atom stereocenters. The average Bonchev–Trinajstić information content (AvgIpc) is 3.38. The van der Waals surface area contributed by atoms with Gasteiger partial charge in [0.15, 0.2) is 0 Å². The van der Waals surface area contributed by atoms with E-state index in [-0.39, 0.29) is 18.5 Å². The second-order valence-electron chi connectivity index (χ2n) is 22.8. The SMILES string of the molecule is CCCCCCCCCCCCC/C=C/C(O)C(CO)NC(=O)CCCCCCCCCCCCCCCCCCCCCCCCCCCCOC(=O)CCCCCCCCCCCCCCCCCC. The molecule has 6 nitrogen and oxygen atoms in total. The fraction of sp³-hybridized carbons (Fsp3) is 0.939. The van der Waals surface area contributed by atoms with Crippen molar-refractivity contribution in [2.75, 3.05) is 13.2 Å². The molecule has 0 rings (SSSR count). The van der Waals surface area contributed by atoms with Crippen molar-refractivity contribution in [3.63, 3.8) is 0 Å². The van der Waals surface area contributed by atoms with Gasteiger partial charge in [0, 0.05) is 12.8 Å². The van der Waals surface area contributed by atoms with Crippen molar-refractivity contribution in [3.8, 4) is 0 Å². The highest BCUT2D eigenvalue weighted by molar-refractivity contribution is 5.76. The second-order valence-corrected chi connectivity index (χ2v) is 22.8. The summed E-state index contributed by atoms with van der Waals surface area (Å²) in [6.07, 6.45) is 75.6. The molecule has 2 unspecified atom stereocenters. The van der Waals surface area contributed by atoms with E-state index in [1.54, 1.807) is 6.08 Å². The summed E-state index contributed by atoms with van der Waals surface area (Å²) in [4.78, 5) is 24.5. The van der Waals surface area contributed by atoms with Gasteiger partial charge in [-0.3, -0.25) is 9.59 Å². The Labute approximate surface area is 450 Å². The number of aliphatic hydroxyl groups is 2. The zero-order valence-corrected chi connectivity index (χ0v) is 48.9. The van der Waals surface area contributed by atoms with Gasteiger partial charge in [-0.1, -0.05) is 341 Å². The van der Waals surface area contributed by atoms with Crippen LogP contribution in [0.1, 0.15) is 373 Å². The highest BCUT2D eigenvalue weighted by atomic mass is 16.5. The first-order valence-corrected chi connectivity index (χ1v) is 33.0. The maximum absolute atomic E-state index is 12.5. The number of rotatable bonds is 62. The van der Waals surface area contributed by atoms with E-state index in [1.165, 1.54) is 308 Å². The molecule has 0 bridgehead atoms. The molecule has 0 aliphatic heterocycles. The summed E-state index contributed by atoms with van der Waals surface area (Å²) in [7, 11) is 0. The number of hydrogen-bond donors (Lipinski definition) is 3. The lowest BCUT2D eigenvalue weighted by atomic mass is 10.0. The van der Waals surface area contributed by atoms with Gasteiger partial charge in [0.05, 0.1) is 25.4 Å². The molecule has 0 radical (unpaired) electrons. The number of ether oxygens (including phenoxy) is 1. The average molecular weight is 1020 g/mol. The lowest BCUT2D eigenvalue weighted by molar-refractivity contribution is -0.143. The van der Waals surface area contributed by atoms with Crippen LogP contribution in [0.4, 0.5) is 0 Å². The lowest BCUT2D eigenvalue weighted by Gasteiger charge is -2.20. The number of carbonyl (C=O) groups excluding carboxylic acids is 2. The van der Waals surface area contributed by atoms with Gasteiger partial charge in [0.25, 0.3) is 0 Å². The summed E-state index contributed by atoms with van der Waals surface area (Å²) < 4.78 is 5.50. The quantitative estimate of drug-likeness (QED) is 0.0320. The molecule has 428 valence electrons. The maximum atomic E-state index is 12.5. The third kappa shape index (κ3) is 57.9. The smallest absolute Gasteiger partial charge is 0.305 e. The number of carbonyl (C=O) groups is 2. The molecule has 1 amide bonds. The van der Waals surface area contributed by atoms with E-state index in [9.17, 15) is 19.8 Å². The summed E-state index contributed by atoms with van der Waals surface area (Å²) in [6, 6.07) is -0.624. The maximum Gasteiger partial charge on any atom is 0.305 e. The molecule has 0 aliphatic carbocycles. The zero-order valence-electron chi connectivity index (χ0n) is 48.9. The monoisotopic (exact) mass is 1020 g/mol. The van der Waals surface area contributed by atoms with Crippen LogP contribution in [0.15, 0.2) is 12.2 Å². The molecular weight excluding hydrogens is 887 g/mol. The summed E-state index contributed by atoms with van der Waals surface area (Å²) in [5.74, 6) is -0.0430. The van der Waals surface area contributed by atoms with Crippen LogP contribution in [0.3, 0.4) is 0 Å². The van der Waals surface area contributed by atoms with Gasteiger partial charge in [-0.25, -0.2) is 0 Å². The summed E-state index contributed by atoms with van der Waals surface area (Å²) in [5, 5.41) is 23.1. The summed E-state index contributed by atoms with van der Waals surface area (Å²) in [6.45, 7) is 4.93. The molecular formula is C66H129NO5. The third-order valence-electron chi connectivity index (χ3n) is 15.6. The molecule has 0 saturated carbocycles. The van der Waals surface area contributed by atoms with Crippen molar-refractivity contribution in [1.82, 2.24) is 5.32 Å². The van der Waals surface area contributed by atoms with Crippen LogP contribution in [0.2, 0.25) is 0 Å². The van der Waals surface area contributed by atoms with Crippen molar-refractivity contribution in [1.29, 1.82) is 0 Å². The normalized spacial score (nSPS) is 12.6. The summed E-state index contributed by atoms with van der Waals surface area (Å²) in [5.41, 5.74) is 0. The third-order valence-corrected chi connectivity index (χ3v) is 15.6. The Hall–Kier alpha value is -1.40. The molecule has 0 aromatic rings. The van der Waals surface area contributed by atoms with Gasteiger partial charge in [0.1, 0.15) is 0 Å². The van der Waals surface area contributed by atoms with E-state index in [0.717, 1.165) is 38.5 Å². The topological polar surface area (TPSA) is 95.9 Å². The standard InChI is InChI=1S/C66H129NO5/c1-3-5-7-9-11-13-15-17-18-32-36-40-44-48-52-56-60-66(71)72-61-57-53-49-45-41-37-33-30-28-26-24-22-20-19-21-23-25-27-29-31-35-39-43-47-51-55-59-65(70)67-63(62-68)64(69)58-54-50-46-42-38-34-16-14-12-10-8-6-4-2/h54,58,63-64,68-69H,3-53,55-57,59-62H2,1-2H3,(H,67,70)/b58-54+. The predicted octanol–water partition coefficient (Wildman–Crippen LogP) is 20.8. The number of allylic oxidation sites excluding steroid dienone is 1. The van der Waals surface area contributed by atoms with Crippen LogP contribution in [0.25, 0.3) is 0 Å². The number of amides is 1. The largest absolute Gasteiger partial charge is 0.466 e. The van der Waals surface area contributed by atoms with E-state index in [0.29, 0.717) is 19.4 Å². The van der Waals surface area contributed by atoms with Crippen molar-refractivity contribution >= 4 is 11.9 Å². The van der Waals surface area contributed by atoms with E-state index in [4.69, 9.17) is 4.74 Å². The fourth-order valence-electron chi connectivity index (χ4n) is 10.5. The Morgan fingerprint density at radius 3 is 0.944 bits per heavy atom. The Kier molecular flexibility index (Phi) is 60.9. The highest BCUT2D eigenvalue weighted by Crippen LogP contribution is 2.19. The minimum Gasteiger partial charge on any atom is -0.466 e. The van der Waals surface area contributed by atoms with Gasteiger partial charge in [-0.05, 0) is 32.1 Å². The number of nitrogens with one attached hydrogen (secondary N) is 1. The van der Waals surface area contributed by atoms with Gasteiger partial charge in [0.2, 0.25) is 5.91 Å². The highest BCUT2D eigenvalue weighted by Gasteiger charge is 2.18. The fourth-order valence-corrected chi connectivity index (χ4v) is 10.5. The molecule has 0 aliphatic rings. The van der Waals surface area contributed by atoms with Crippen molar-refractivity contribution in [2.24, 2.45) is 0 Å². The van der Waals surface area contributed by atoms with Gasteiger partial charge < -0.3 is 20.3 Å². The molecule has 72 heavy (non-hydrogen) atoms. The van der Waals surface area contributed by atoms with Gasteiger partial charge in [-0.2, -0.15) is 0 Å². The molecule has 6 heteroatoms. The van der Waals surface area contributed by atoms with Crippen LogP contribution in [-0.4, -0.2) is 47.4 Å². The van der Waals surface area contributed by atoms with Gasteiger partial charge >= 0.3 is 5.97 Å². The lowest BCUT2D eigenvalue weighted by Crippen LogP contribution is -2.45. The van der Waals surface area contributed by atoms with Crippen LogP contribution in [-0.2, 0) is 14.3 Å². The number of esters is 1. The molecule has 3 N–H and O–H groups in total. The Morgan fingerprint density at radius 2 is 0.639 bits per heavy atom. The minimum atomic E-state index is -0.841. The van der Waals surface area contributed by atoms with Crippen LogP contribution < -0.4 is 5.32 Å². The van der Waals surface area contributed by atoms with Gasteiger partial charge in [-0.15, -0.1) is 0 Å². The van der Waals surface area contributed by atoms with E-state index >= 15 is 0 Å². The summed E-state index contributed by atoms with van der Waals surface area (Å²) >= 11 is 0. The van der Waals surface area contributed by atoms with Crippen LogP contribution >= 0.6 is 0 Å². The Morgan fingerprint density at radius 1 is 0.375 bits per heavy atom. The van der Waals surface area contributed by atoms with E-state index in [1.807, 2.05) is 6.08 Å². The van der Waals surface area contributed by atoms with Crippen molar-refractivity contribution in [3.05, 3.63) is 12.2 Å². The Balaban J connectivity index is 3.34. The van der Waals surface area contributed by atoms with Crippen LogP contribution in [0, 0.1) is 0 Å².